The zero-order chi connectivity index (χ0) is 17.7. The van der Waals surface area contributed by atoms with Crippen LogP contribution in [-0.2, 0) is 11.8 Å². The smallest absolute Gasteiger partial charge is 0.183 e. The SMILES string of the molecule is COc1ccccc1SNc1noc2c1CC1(CC1)c1ccc(C)cc1-2. The molecule has 1 N–H and O–H groups in total. The Hall–Kier alpha value is -2.40. The van der Waals surface area contributed by atoms with Crippen molar-refractivity contribution in [3.8, 4) is 17.1 Å². The minimum absolute atomic E-state index is 0.285. The molecule has 132 valence electrons. The summed E-state index contributed by atoms with van der Waals surface area (Å²) in [5, 5.41) is 4.34. The van der Waals surface area contributed by atoms with E-state index in [0.29, 0.717) is 0 Å². The van der Waals surface area contributed by atoms with E-state index in [4.69, 9.17) is 9.26 Å². The van der Waals surface area contributed by atoms with Crippen molar-refractivity contribution < 1.29 is 9.26 Å². The van der Waals surface area contributed by atoms with Gasteiger partial charge in [-0.2, -0.15) is 0 Å². The van der Waals surface area contributed by atoms with Crippen LogP contribution in [0.4, 0.5) is 5.82 Å². The summed E-state index contributed by atoms with van der Waals surface area (Å²) in [6.07, 6.45) is 3.48. The average molecular weight is 364 g/mol. The lowest BCUT2D eigenvalue weighted by Gasteiger charge is -2.24. The summed E-state index contributed by atoms with van der Waals surface area (Å²) in [7, 11) is 1.69. The fourth-order valence-corrected chi connectivity index (χ4v) is 4.68. The molecule has 1 saturated carbocycles. The highest BCUT2D eigenvalue weighted by Crippen LogP contribution is 2.58. The highest BCUT2D eigenvalue weighted by molar-refractivity contribution is 8.00. The van der Waals surface area contributed by atoms with Crippen LogP contribution in [-0.4, -0.2) is 12.3 Å². The molecular weight excluding hydrogens is 344 g/mol. The van der Waals surface area contributed by atoms with E-state index < -0.39 is 0 Å². The first kappa shape index (κ1) is 15.8. The normalized spacial score (nSPS) is 16.1. The summed E-state index contributed by atoms with van der Waals surface area (Å²) in [5.74, 6) is 2.60. The number of nitrogens with zero attached hydrogens (tertiary/aromatic N) is 1. The standard InChI is InChI=1S/C21H20N2O2S/c1-13-7-8-16-14(11-13)19-15(12-21(16)9-10-21)20(22-25-19)23-26-18-6-4-3-5-17(18)24-2/h3-8,11H,9-10,12H2,1-2H3,(H,22,23). The van der Waals surface area contributed by atoms with Crippen molar-refractivity contribution in [2.75, 3.05) is 11.8 Å². The van der Waals surface area contributed by atoms with E-state index in [1.165, 1.54) is 47.0 Å². The van der Waals surface area contributed by atoms with Crippen LogP contribution in [0.25, 0.3) is 11.3 Å². The summed E-state index contributed by atoms with van der Waals surface area (Å²) >= 11 is 1.51. The molecule has 0 saturated heterocycles. The quantitative estimate of drug-likeness (QED) is 0.631. The third kappa shape index (κ3) is 2.42. The summed E-state index contributed by atoms with van der Waals surface area (Å²) in [6, 6.07) is 14.7. The maximum atomic E-state index is 5.78. The summed E-state index contributed by atoms with van der Waals surface area (Å²) in [4.78, 5) is 1.03. The number of hydrogen-bond donors (Lipinski definition) is 1. The van der Waals surface area contributed by atoms with Gasteiger partial charge in [0.1, 0.15) is 5.75 Å². The van der Waals surface area contributed by atoms with Gasteiger partial charge in [-0.15, -0.1) is 0 Å². The Morgan fingerprint density at radius 2 is 2.04 bits per heavy atom. The lowest BCUT2D eigenvalue weighted by Crippen LogP contribution is -2.17. The molecule has 1 fully saturated rings. The minimum Gasteiger partial charge on any atom is -0.496 e. The van der Waals surface area contributed by atoms with E-state index >= 15 is 0 Å². The van der Waals surface area contributed by atoms with Crippen LogP contribution < -0.4 is 9.46 Å². The van der Waals surface area contributed by atoms with E-state index in [2.05, 4.69) is 35.0 Å². The number of aryl methyl sites for hydroxylation is 1. The number of fused-ring (bicyclic) bond motifs is 4. The maximum Gasteiger partial charge on any atom is 0.183 e. The molecule has 0 atom stereocenters. The molecule has 4 nitrogen and oxygen atoms in total. The second kappa shape index (κ2) is 5.81. The third-order valence-electron chi connectivity index (χ3n) is 5.47. The fraction of sp³-hybridized carbons (Fsp3) is 0.286. The number of para-hydroxylation sites is 1. The molecule has 5 rings (SSSR count). The maximum absolute atomic E-state index is 5.78. The van der Waals surface area contributed by atoms with Crippen LogP contribution in [0.1, 0.15) is 29.5 Å². The third-order valence-corrected chi connectivity index (χ3v) is 6.33. The molecule has 1 spiro atoms. The largest absolute Gasteiger partial charge is 0.496 e. The second-order valence-electron chi connectivity index (χ2n) is 7.20. The highest BCUT2D eigenvalue weighted by atomic mass is 32.2. The zero-order valence-electron chi connectivity index (χ0n) is 14.8. The first-order valence-corrected chi connectivity index (χ1v) is 9.68. The van der Waals surface area contributed by atoms with Crippen LogP contribution in [0, 0.1) is 6.92 Å². The van der Waals surface area contributed by atoms with E-state index in [-0.39, 0.29) is 5.41 Å². The minimum atomic E-state index is 0.285. The Kier molecular flexibility index (Phi) is 3.54. The van der Waals surface area contributed by atoms with Crippen molar-refractivity contribution in [3.63, 3.8) is 0 Å². The van der Waals surface area contributed by atoms with Gasteiger partial charge < -0.3 is 14.0 Å². The summed E-state index contributed by atoms with van der Waals surface area (Å²) < 4.78 is 14.6. The molecule has 0 bridgehead atoms. The number of rotatable bonds is 4. The molecule has 1 heterocycles. The van der Waals surface area contributed by atoms with Crippen LogP contribution in [0.5, 0.6) is 5.75 Å². The molecule has 2 aliphatic carbocycles. The zero-order valence-corrected chi connectivity index (χ0v) is 15.7. The van der Waals surface area contributed by atoms with Gasteiger partial charge in [0, 0.05) is 16.5 Å². The lowest BCUT2D eigenvalue weighted by molar-refractivity contribution is 0.405. The molecular formula is C21H20N2O2S. The van der Waals surface area contributed by atoms with Gasteiger partial charge in [0.25, 0.3) is 0 Å². The van der Waals surface area contributed by atoms with Gasteiger partial charge in [-0.3, -0.25) is 0 Å². The van der Waals surface area contributed by atoms with Crippen molar-refractivity contribution in [2.45, 2.75) is 36.5 Å². The van der Waals surface area contributed by atoms with Gasteiger partial charge >= 0.3 is 0 Å². The Labute approximate surface area is 157 Å². The molecule has 1 aromatic heterocycles. The number of aromatic nitrogens is 1. The number of hydrogen-bond acceptors (Lipinski definition) is 5. The molecule has 26 heavy (non-hydrogen) atoms. The van der Waals surface area contributed by atoms with Gasteiger partial charge in [-0.25, -0.2) is 0 Å². The molecule has 0 radical (unpaired) electrons. The van der Waals surface area contributed by atoms with Crippen molar-refractivity contribution in [2.24, 2.45) is 0 Å². The Morgan fingerprint density at radius 1 is 1.19 bits per heavy atom. The van der Waals surface area contributed by atoms with Gasteiger partial charge in [-0.1, -0.05) is 35.0 Å². The van der Waals surface area contributed by atoms with Crippen molar-refractivity contribution in [1.29, 1.82) is 0 Å². The molecule has 2 aromatic carbocycles. The lowest BCUT2D eigenvalue weighted by atomic mass is 9.79. The Morgan fingerprint density at radius 3 is 2.85 bits per heavy atom. The topological polar surface area (TPSA) is 47.3 Å². The predicted octanol–water partition coefficient (Wildman–Crippen LogP) is 5.37. The average Bonchev–Trinajstić information content (AvgIpc) is 3.31. The van der Waals surface area contributed by atoms with Crippen LogP contribution in [0.15, 0.2) is 51.9 Å². The van der Waals surface area contributed by atoms with Crippen molar-refractivity contribution >= 4 is 17.8 Å². The number of methoxy groups -OCH3 is 1. The number of nitrogens with one attached hydrogen (secondary N) is 1. The second-order valence-corrected chi connectivity index (χ2v) is 8.05. The van der Waals surface area contributed by atoms with E-state index in [1.807, 2.05) is 24.3 Å². The first-order chi connectivity index (χ1) is 12.7. The van der Waals surface area contributed by atoms with Gasteiger partial charge in [0.2, 0.25) is 0 Å². The molecule has 5 heteroatoms. The van der Waals surface area contributed by atoms with Gasteiger partial charge in [0.05, 0.1) is 12.0 Å². The van der Waals surface area contributed by atoms with E-state index in [1.54, 1.807) is 7.11 Å². The monoisotopic (exact) mass is 364 g/mol. The molecule has 3 aromatic rings. The Bertz CT molecular complexity index is 991. The highest BCUT2D eigenvalue weighted by Gasteiger charge is 2.50. The van der Waals surface area contributed by atoms with E-state index in [0.717, 1.165) is 28.6 Å². The Balaban J connectivity index is 1.49. The van der Waals surface area contributed by atoms with Gasteiger partial charge in [0.15, 0.2) is 11.6 Å². The van der Waals surface area contributed by atoms with Gasteiger partial charge in [-0.05, 0) is 61.9 Å². The van der Waals surface area contributed by atoms with Crippen LogP contribution in [0.3, 0.4) is 0 Å². The molecule has 2 aliphatic rings. The molecule has 0 aliphatic heterocycles. The number of benzene rings is 2. The van der Waals surface area contributed by atoms with Crippen LogP contribution in [0.2, 0.25) is 0 Å². The molecule has 0 amide bonds. The van der Waals surface area contributed by atoms with E-state index in [9.17, 15) is 0 Å². The van der Waals surface area contributed by atoms with Crippen molar-refractivity contribution in [1.82, 2.24) is 5.16 Å². The number of ether oxygens (including phenoxy) is 1. The predicted molar refractivity (Wildman–Crippen MR) is 104 cm³/mol. The fourth-order valence-electron chi connectivity index (χ4n) is 3.91. The summed E-state index contributed by atoms with van der Waals surface area (Å²) in [5.41, 5.74) is 5.37. The first-order valence-electron chi connectivity index (χ1n) is 8.86. The summed E-state index contributed by atoms with van der Waals surface area (Å²) in [6.45, 7) is 2.13. The van der Waals surface area contributed by atoms with Crippen molar-refractivity contribution in [3.05, 3.63) is 59.2 Å². The van der Waals surface area contributed by atoms with Crippen LogP contribution >= 0.6 is 11.9 Å². The molecule has 0 unspecified atom stereocenters. The number of anilines is 1.